The Morgan fingerprint density at radius 3 is 2.97 bits per heavy atom. The molecule has 1 saturated heterocycles. The predicted molar refractivity (Wildman–Crippen MR) is 142 cm³/mol. The van der Waals surface area contributed by atoms with Crippen molar-refractivity contribution in [2.24, 2.45) is 0 Å². The quantitative estimate of drug-likeness (QED) is 0.285. The van der Waals surface area contributed by atoms with Crippen LogP contribution in [0.25, 0.3) is 15.9 Å². The fourth-order valence-corrected chi connectivity index (χ4v) is 6.25. The van der Waals surface area contributed by atoms with Gasteiger partial charge in [-0.1, -0.05) is 11.3 Å². The number of thiazole rings is 1. The lowest BCUT2D eigenvalue weighted by atomic mass is 10.3. The van der Waals surface area contributed by atoms with Gasteiger partial charge in [0, 0.05) is 30.5 Å². The molecule has 1 saturated carbocycles. The molecule has 0 bridgehead atoms. The molecule has 1 N–H and O–H groups in total. The largest absolute Gasteiger partial charge is 0.379 e. The van der Waals surface area contributed by atoms with Gasteiger partial charge in [-0.2, -0.15) is 9.61 Å². The molecule has 10 nitrogen and oxygen atoms in total. The molecule has 3 aromatic heterocycles. The van der Waals surface area contributed by atoms with Gasteiger partial charge >= 0.3 is 0 Å². The Morgan fingerprint density at radius 2 is 2.11 bits per heavy atom. The van der Waals surface area contributed by atoms with Crippen molar-refractivity contribution < 1.29 is 14.3 Å². The molecule has 2 aliphatic rings. The highest BCUT2D eigenvalue weighted by Crippen LogP contribution is 2.39. The molecule has 6 rings (SSSR count). The van der Waals surface area contributed by atoms with E-state index < -0.39 is 0 Å². The first-order chi connectivity index (χ1) is 18.1. The number of carbonyl (C=O) groups excluding carboxylic acids is 1. The van der Waals surface area contributed by atoms with E-state index in [0.717, 1.165) is 51.1 Å². The maximum atomic E-state index is 12.7. The van der Waals surface area contributed by atoms with Crippen molar-refractivity contribution in [1.29, 1.82) is 0 Å². The number of rotatable bonds is 11. The second kappa shape index (κ2) is 11.0. The zero-order valence-corrected chi connectivity index (χ0v) is 22.3. The van der Waals surface area contributed by atoms with Gasteiger partial charge < -0.3 is 14.8 Å². The number of benzene rings is 1. The Balaban J connectivity index is 1.06. The van der Waals surface area contributed by atoms with Crippen molar-refractivity contribution in [3.05, 3.63) is 36.0 Å². The summed E-state index contributed by atoms with van der Waals surface area (Å²) in [5, 5.41) is 17.7. The van der Waals surface area contributed by atoms with Crippen LogP contribution in [-0.4, -0.2) is 81.2 Å². The molecule has 1 aromatic carbocycles. The van der Waals surface area contributed by atoms with Crippen LogP contribution in [0.15, 0.2) is 40.4 Å². The van der Waals surface area contributed by atoms with Crippen LogP contribution in [0.3, 0.4) is 0 Å². The predicted octanol–water partition coefficient (Wildman–Crippen LogP) is 3.83. The number of carbonyl (C=O) groups is 1. The highest BCUT2D eigenvalue weighted by Gasteiger charge is 2.26. The van der Waals surface area contributed by atoms with Crippen molar-refractivity contribution in [3.8, 4) is 0 Å². The Hall–Kier alpha value is -2.64. The molecule has 0 spiro atoms. The summed E-state index contributed by atoms with van der Waals surface area (Å²) in [7, 11) is 0. The van der Waals surface area contributed by atoms with E-state index in [1.54, 1.807) is 0 Å². The third kappa shape index (κ3) is 5.93. The van der Waals surface area contributed by atoms with E-state index in [4.69, 9.17) is 14.6 Å². The van der Waals surface area contributed by atoms with E-state index in [0.29, 0.717) is 37.4 Å². The molecule has 1 aliphatic heterocycles. The van der Waals surface area contributed by atoms with Gasteiger partial charge in [0.2, 0.25) is 11.1 Å². The molecule has 12 heteroatoms. The monoisotopic (exact) mass is 539 g/mol. The van der Waals surface area contributed by atoms with Crippen molar-refractivity contribution in [2.75, 3.05) is 44.8 Å². The van der Waals surface area contributed by atoms with Crippen LogP contribution >= 0.6 is 23.1 Å². The topological polar surface area (TPSA) is 107 Å². The molecular formula is C25H29N7O3S2. The van der Waals surface area contributed by atoms with Crippen molar-refractivity contribution >= 4 is 50.0 Å². The van der Waals surface area contributed by atoms with Crippen LogP contribution in [-0.2, 0) is 14.3 Å². The molecular weight excluding hydrogens is 510 g/mol. The molecule has 1 unspecified atom stereocenters. The lowest BCUT2D eigenvalue weighted by Gasteiger charge is -2.15. The van der Waals surface area contributed by atoms with Gasteiger partial charge in [0.15, 0.2) is 10.8 Å². The highest BCUT2D eigenvalue weighted by atomic mass is 32.2. The summed E-state index contributed by atoms with van der Waals surface area (Å²) in [4.78, 5) is 20.4. The molecule has 194 valence electrons. The summed E-state index contributed by atoms with van der Waals surface area (Å²) < 4.78 is 14.0. The van der Waals surface area contributed by atoms with E-state index in [1.165, 1.54) is 35.9 Å². The number of amides is 1. The number of likely N-dealkylation sites (tertiary alicyclic amines) is 1. The average molecular weight is 540 g/mol. The summed E-state index contributed by atoms with van der Waals surface area (Å²) in [5.74, 6) is 0.508. The standard InChI is InChI=1S/C25H29N7O3S2/c1-2-34-11-12-35-17-9-10-31(14-17)15-23(33)27-24-26-20-6-5-18(13-21(20)37-24)36-25-29-28-22-8-7-19(16-3-4-16)30-32(22)25/h5-8,13,16-17H,2-4,9-12,14-15H2,1H3,(H,26,27,33). The number of ether oxygens (including phenoxy) is 2. The number of nitrogens with zero attached hydrogens (tertiary/aromatic N) is 6. The molecule has 1 atom stereocenters. The van der Waals surface area contributed by atoms with Gasteiger partial charge in [0.05, 0.1) is 41.8 Å². The Morgan fingerprint density at radius 1 is 1.19 bits per heavy atom. The fourth-order valence-electron chi connectivity index (χ4n) is 4.43. The lowest BCUT2D eigenvalue weighted by Crippen LogP contribution is -2.32. The summed E-state index contributed by atoms with van der Waals surface area (Å²) in [6, 6.07) is 10.1. The van der Waals surface area contributed by atoms with Crippen molar-refractivity contribution in [3.63, 3.8) is 0 Å². The van der Waals surface area contributed by atoms with E-state index >= 15 is 0 Å². The average Bonchev–Trinajstić information content (AvgIpc) is 3.34. The van der Waals surface area contributed by atoms with E-state index in [2.05, 4.69) is 37.5 Å². The molecule has 1 amide bonds. The first-order valence-electron chi connectivity index (χ1n) is 12.7. The van der Waals surface area contributed by atoms with E-state index in [1.807, 2.05) is 29.6 Å². The molecule has 2 fully saturated rings. The minimum absolute atomic E-state index is 0.0592. The van der Waals surface area contributed by atoms with Crippen LogP contribution in [0.2, 0.25) is 0 Å². The third-order valence-corrected chi connectivity index (χ3v) is 8.31. The second-order valence-corrected chi connectivity index (χ2v) is 11.4. The summed E-state index contributed by atoms with van der Waals surface area (Å²) in [6.07, 6.45) is 3.49. The summed E-state index contributed by atoms with van der Waals surface area (Å²) in [5.41, 5.74) is 2.71. The minimum atomic E-state index is -0.0592. The van der Waals surface area contributed by atoms with Gasteiger partial charge in [-0.25, -0.2) is 4.98 Å². The maximum absolute atomic E-state index is 12.7. The second-order valence-electron chi connectivity index (χ2n) is 9.30. The minimum Gasteiger partial charge on any atom is -0.379 e. The van der Waals surface area contributed by atoms with Crippen molar-refractivity contribution in [2.45, 2.75) is 48.3 Å². The zero-order chi connectivity index (χ0) is 25.2. The van der Waals surface area contributed by atoms with Crippen LogP contribution in [0.4, 0.5) is 5.13 Å². The highest BCUT2D eigenvalue weighted by molar-refractivity contribution is 7.99. The summed E-state index contributed by atoms with van der Waals surface area (Å²) in [6.45, 7) is 5.81. The normalized spacial score (nSPS) is 18.2. The molecule has 1 aliphatic carbocycles. The van der Waals surface area contributed by atoms with Gasteiger partial charge in [-0.15, -0.1) is 10.2 Å². The maximum Gasteiger partial charge on any atom is 0.240 e. The molecule has 0 radical (unpaired) electrons. The number of hydrogen-bond donors (Lipinski definition) is 1. The van der Waals surface area contributed by atoms with Crippen molar-refractivity contribution in [1.82, 2.24) is 29.7 Å². The number of anilines is 1. The Bertz CT molecular complexity index is 1400. The molecule has 4 heterocycles. The van der Waals surface area contributed by atoms with Crippen LogP contribution < -0.4 is 5.32 Å². The Labute approximate surface area is 222 Å². The Kier molecular flexibility index (Phi) is 7.34. The van der Waals surface area contributed by atoms with E-state index in [-0.39, 0.29) is 12.0 Å². The number of hydrogen-bond acceptors (Lipinski definition) is 10. The van der Waals surface area contributed by atoms with Crippen LogP contribution in [0, 0.1) is 0 Å². The summed E-state index contributed by atoms with van der Waals surface area (Å²) >= 11 is 3.00. The molecule has 4 aromatic rings. The molecule has 37 heavy (non-hydrogen) atoms. The third-order valence-electron chi connectivity index (χ3n) is 6.45. The van der Waals surface area contributed by atoms with Gasteiger partial charge in [0.1, 0.15) is 0 Å². The van der Waals surface area contributed by atoms with E-state index in [9.17, 15) is 4.79 Å². The number of nitrogens with one attached hydrogen (secondary N) is 1. The SMILES string of the molecule is CCOCCOC1CCN(CC(=O)Nc2nc3ccc(Sc4nnc5ccc(C6CC6)nn45)cc3s2)C1. The van der Waals surface area contributed by atoms with Gasteiger partial charge in [-0.3, -0.25) is 9.69 Å². The number of aromatic nitrogens is 5. The fraction of sp³-hybridized carbons (Fsp3) is 0.480. The number of fused-ring (bicyclic) bond motifs is 2. The van der Waals surface area contributed by atoms with Gasteiger partial charge in [0.25, 0.3) is 0 Å². The first kappa shape index (κ1) is 24.7. The lowest BCUT2D eigenvalue weighted by molar-refractivity contribution is -0.117. The van der Waals surface area contributed by atoms with Crippen LogP contribution in [0.1, 0.15) is 37.8 Å². The zero-order valence-electron chi connectivity index (χ0n) is 20.6. The smallest absolute Gasteiger partial charge is 0.240 e. The van der Waals surface area contributed by atoms with Gasteiger partial charge in [-0.05, 0) is 68.3 Å². The first-order valence-corrected chi connectivity index (χ1v) is 14.3. The van der Waals surface area contributed by atoms with Crippen LogP contribution in [0.5, 0.6) is 0 Å².